The lowest BCUT2D eigenvalue weighted by molar-refractivity contribution is 0.251. The number of urea groups is 1. The Balaban J connectivity index is 1.58. The zero-order valence-corrected chi connectivity index (χ0v) is 12.5. The van der Waals surface area contributed by atoms with E-state index < -0.39 is 0 Å². The predicted octanol–water partition coefficient (Wildman–Crippen LogP) is 1.69. The van der Waals surface area contributed by atoms with Crippen LogP contribution in [0.2, 0.25) is 0 Å². The molecule has 0 atom stereocenters. The summed E-state index contributed by atoms with van der Waals surface area (Å²) in [6.07, 6.45) is 8.40. The lowest BCUT2D eigenvalue weighted by Crippen LogP contribution is -2.28. The minimum Gasteiger partial charge on any atom is -0.332 e. The highest BCUT2D eigenvalue weighted by Gasteiger charge is 2.07. The van der Waals surface area contributed by atoms with Crippen molar-refractivity contribution in [2.24, 2.45) is 0 Å². The number of nitrogens with zero attached hydrogens (tertiary/aromatic N) is 5. The van der Waals surface area contributed by atoms with Gasteiger partial charge in [0.1, 0.15) is 5.69 Å². The first-order valence-electron chi connectivity index (χ1n) is 6.99. The standard InChI is InChI=1S/C15H15N7O/c1-11-4-6-17-9-14(11)19-15(23)18-7-12-10-22(21-20-12)13-3-2-5-16-8-13/h2-6,8-10H,7H2,1H3,(H2,18,19,23). The van der Waals surface area contributed by atoms with Gasteiger partial charge in [-0.25, -0.2) is 9.48 Å². The molecule has 2 amide bonds. The maximum Gasteiger partial charge on any atom is 0.319 e. The number of amides is 2. The number of hydrogen-bond donors (Lipinski definition) is 2. The molecule has 2 N–H and O–H groups in total. The van der Waals surface area contributed by atoms with E-state index in [0.717, 1.165) is 11.3 Å². The molecular weight excluding hydrogens is 294 g/mol. The van der Waals surface area contributed by atoms with E-state index in [1.54, 1.807) is 35.7 Å². The lowest BCUT2D eigenvalue weighted by Gasteiger charge is -2.07. The van der Waals surface area contributed by atoms with E-state index in [-0.39, 0.29) is 12.6 Å². The van der Waals surface area contributed by atoms with Crippen molar-refractivity contribution in [3.8, 4) is 5.69 Å². The summed E-state index contributed by atoms with van der Waals surface area (Å²) in [6.45, 7) is 2.17. The fourth-order valence-corrected chi connectivity index (χ4v) is 1.93. The number of aryl methyl sites for hydroxylation is 1. The molecule has 3 aromatic heterocycles. The number of nitrogens with one attached hydrogen (secondary N) is 2. The van der Waals surface area contributed by atoms with Crippen LogP contribution in [0.5, 0.6) is 0 Å². The van der Waals surface area contributed by atoms with Crippen molar-refractivity contribution in [2.75, 3.05) is 5.32 Å². The van der Waals surface area contributed by atoms with Crippen molar-refractivity contribution in [1.82, 2.24) is 30.3 Å². The Labute approximate surface area is 132 Å². The highest BCUT2D eigenvalue weighted by Crippen LogP contribution is 2.10. The van der Waals surface area contributed by atoms with Crippen LogP contribution >= 0.6 is 0 Å². The minimum atomic E-state index is -0.322. The molecule has 0 saturated heterocycles. The third kappa shape index (κ3) is 3.67. The maximum atomic E-state index is 11.9. The highest BCUT2D eigenvalue weighted by molar-refractivity contribution is 5.89. The quantitative estimate of drug-likeness (QED) is 0.764. The van der Waals surface area contributed by atoms with E-state index >= 15 is 0 Å². The van der Waals surface area contributed by atoms with Crippen LogP contribution in [0.1, 0.15) is 11.3 Å². The molecular formula is C15H15N7O. The van der Waals surface area contributed by atoms with Gasteiger partial charge < -0.3 is 10.6 Å². The molecule has 0 unspecified atom stereocenters. The topological polar surface area (TPSA) is 97.6 Å². The number of rotatable bonds is 4. The molecule has 0 aliphatic rings. The fraction of sp³-hybridized carbons (Fsp3) is 0.133. The Morgan fingerprint density at radius 3 is 2.87 bits per heavy atom. The van der Waals surface area contributed by atoms with E-state index in [0.29, 0.717) is 11.4 Å². The molecule has 3 aromatic rings. The molecule has 0 radical (unpaired) electrons. The number of aromatic nitrogens is 5. The van der Waals surface area contributed by atoms with Crippen molar-refractivity contribution in [2.45, 2.75) is 13.5 Å². The second kappa shape index (κ2) is 6.65. The van der Waals surface area contributed by atoms with Crippen LogP contribution in [0.4, 0.5) is 10.5 Å². The monoisotopic (exact) mass is 309 g/mol. The second-order valence-electron chi connectivity index (χ2n) is 4.86. The van der Waals surface area contributed by atoms with Crippen LogP contribution in [0.3, 0.4) is 0 Å². The van der Waals surface area contributed by atoms with Crippen molar-refractivity contribution >= 4 is 11.7 Å². The van der Waals surface area contributed by atoms with Crippen molar-refractivity contribution in [1.29, 1.82) is 0 Å². The molecule has 0 aliphatic carbocycles. The molecule has 0 spiro atoms. The van der Waals surface area contributed by atoms with Gasteiger partial charge in [0.05, 0.1) is 36.5 Å². The van der Waals surface area contributed by atoms with E-state index in [1.165, 1.54) is 0 Å². The second-order valence-corrected chi connectivity index (χ2v) is 4.86. The van der Waals surface area contributed by atoms with Gasteiger partial charge in [-0.1, -0.05) is 5.21 Å². The zero-order valence-electron chi connectivity index (χ0n) is 12.5. The Morgan fingerprint density at radius 2 is 2.09 bits per heavy atom. The molecule has 0 bridgehead atoms. The van der Waals surface area contributed by atoms with Crippen LogP contribution in [-0.2, 0) is 6.54 Å². The molecule has 0 fully saturated rings. The molecule has 3 heterocycles. The first kappa shape index (κ1) is 14.6. The maximum absolute atomic E-state index is 11.9. The van der Waals surface area contributed by atoms with Gasteiger partial charge >= 0.3 is 6.03 Å². The fourth-order valence-electron chi connectivity index (χ4n) is 1.93. The minimum absolute atomic E-state index is 0.269. The Morgan fingerprint density at radius 1 is 1.22 bits per heavy atom. The number of carbonyl (C=O) groups is 1. The summed E-state index contributed by atoms with van der Waals surface area (Å²) < 4.78 is 1.60. The summed E-state index contributed by atoms with van der Waals surface area (Å²) in [5.74, 6) is 0. The van der Waals surface area contributed by atoms with Crippen molar-refractivity contribution < 1.29 is 4.79 Å². The molecule has 0 saturated carbocycles. The largest absolute Gasteiger partial charge is 0.332 e. The molecule has 8 nitrogen and oxygen atoms in total. The molecule has 23 heavy (non-hydrogen) atoms. The highest BCUT2D eigenvalue weighted by atomic mass is 16.2. The number of carbonyl (C=O) groups excluding carboxylic acids is 1. The summed E-state index contributed by atoms with van der Waals surface area (Å²) in [6, 6.07) is 5.20. The SMILES string of the molecule is Cc1ccncc1NC(=O)NCc1cn(-c2cccnc2)nn1. The van der Waals surface area contributed by atoms with Crippen LogP contribution in [0.15, 0.2) is 49.2 Å². The zero-order chi connectivity index (χ0) is 16.1. The Kier molecular flexibility index (Phi) is 4.23. The lowest BCUT2D eigenvalue weighted by atomic mass is 10.2. The smallest absolute Gasteiger partial charge is 0.319 e. The Hall–Kier alpha value is -3.29. The number of pyridine rings is 2. The van der Waals surface area contributed by atoms with Crippen molar-refractivity contribution in [3.63, 3.8) is 0 Å². The van der Waals surface area contributed by atoms with Gasteiger partial charge in [-0.15, -0.1) is 5.10 Å². The summed E-state index contributed by atoms with van der Waals surface area (Å²) in [5.41, 5.74) is 3.07. The van der Waals surface area contributed by atoms with Crippen molar-refractivity contribution in [3.05, 3.63) is 60.4 Å². The molecule has 8 heteroatoms. The molecule has 3 rings (SSSR count). The summed E-state index contributed by atoms with van der Waals surface area (Å²) in [4.78, 5) is 19.9. The predicted molar refractivity (Wildman–Crippen MR) is 84.0 cm³/mol. The van der Waals surface area contributed by atoms with Gasteiger partial charge in [0, 0.05) is 12.4 Å². The third-order valence-corrected chi connectivity index (χ3v) is 3.17. The van der Waals surface area contributed by atoms with Gasteiger partial charge in [-0.3, -0.25) is 9.97 Å². The summed E-state index contributed by atoms with van der Waals surface area (Å²) in [7, 11) is 0. The van der Waals surface area contributed by atoms with Crippen LogP contribution < -0.4 is 10.6 Å². The van der Waals surface area contributed by atoms with Gasteiger partial charge in [0.2, 0.25) is 0 Å². The van der Waals surface area contributed by atoms with Gasteiger partial charge in [0.15, 0.2) is 0 Å². The van der Waals surface area contributed by atoms with Gasteiger partial charge in [0.25, 0.3) is 0 Å². The van der Waals surface area contributed by atoms with Crippen LogP contribution in [-0.4, -0.2) is 31.0 Å². The van der Waals surface area contributed by atoms with E-state index in [2.05, 4.69) is 30.9 Å². The summed E-state index contributed by atoms with van der Waals surface area (Å²) >= 11 is 0. The first-order valence-corrected chi connectivity index (χ1v) is 6.99. The normalized spacial score (nSPS) is 10.3. The van der Waals surface area contributed by atoms with Crippen LogP contribution in [0.25, 0.3) is 5.69 Å². The molecule has 0 aromatic carbocycles. The average Bonchev–Trinajstić information content (AvgIpc) is 3.05. The van der Waals surface area contributed by atoms with E-state index in [9.17, 15) is 4.79 Å². The Bertz CT molecular complexity index is 800. The molecule has 0 aliphatic heterocycles. The number of anilines is 1. The molecule has 116 valence electrons. The number of hydrogen-bond acceptors (Lipinski definition) is 5. The summed E-state index contributed by atoms with van der Waals surface area (Å²) in [5, 5.41) is 13.5. The third-order valence-electron chi connectivity index (χ3n) is 3.17. The van der Waals surface area contributed by atoms with Crippen LogP contribution in [0, 0.1) is 6.92 Å². The van der Waals surface area contributed by atoms with Gasteiger partial charge in [-0.2, -0.15) is 0 Å². The first-order chi connectivity index (χ1) is 11.2. The average molecular weight is 309 g/mol. The van der Waals surface area contributed by atoms with Gasteiger partial charge in [-0.05, 0) is 30.7 Å². The van der Waals surface area contributed by atoms with E-state index in [4.69, 9.17) is 0 Å². The van der Waals surface area contributed by atoms with E-state index in [1.807, 2.05) is 25.1 Å².